The zero-order chi connectivity index (χ0) is 18.6. The molecule has 4 nitrogen and oxygen atoms in total. The zero-order valence-corrected chi connectivity index (χ0v) is 16.5. The van der Waals surface area contributed by atoms with Gasteiger partial charge in [-0.1, -0.05) is 55.3 Å². The van der Waals surface area contributed by atoms with Crippen molar-refractivity contribution < 1.29 is 9.53 Å². The van der Waals surface area contributed by atoms with Crippen molar-refractivity contribution in [1.29, 1.82) is 0 Å². The van der Waals surface area contributed by atoms with Gasteiger partial charge in [-0.3, -0.25) is 9.69 Å². The van der Waals surface area contributed by atoms with E-state index in [9.17, 15) is 4.79 Å². The molecule has 1 fully saturated rings. The number of unbranched alkanes of at least 4 members (excludes halogenated alkanes) is 1. The first-order valence-corrected chi connectivity index (χ1v) is 9.99. The van der Waals surface area contributed by atoms with E-state index in [0.717, 1.165) is 65.2 Å². The fourth-order valence-electron chi connectivity index (χ4n) is 3.27. The van der Waals surface area contributed by atoms with E-state index in [2.05, 4.69) is 37.0 Å². The highest BCUT2D eigenvalue weighted by atomic mass is 16.5. The van der Waals surface area contributed by atoms with Crippen LogP contribution in [0.25, 0.3) is 6.08 Å². The fourth-order valence-corrected chi connectivity index (χ4v) is 3.27. The van der Waals surface area contributed by atoms with E-state index in [4.69, 9.17) is 4.74 Å². The van der Waals surface area contributed by atoms with E-state index in [1.807, 2.05) is 23.1 Å². The summed E-state index contributed by atoms with van der Waals surface area (Å²) in [5.74, 6) is 0.287. The molecule has 1 saturated heterocycles. The van der Waals surface area contributed by atoms with E-state index < -0.39 is 0 Å². The molecule has 0 saturated carbocycles. The first-order valence-electron chi connectivity index (χ1n) is 9.99. The van der Waals surface area contributed by atoms with Gasteiger partial charge in [0.2, 0.25) is 5.91 Å². The third kappa shape index (κ3) is 7.71. The molecule has 1 aromatic rings. The number of rotatable bonds is 10. The van der Waals surface area contributed by atoms with Gasteiger partial charge in [0.25, 0.3) is 0 Å². The topological polar surface area (TPSA) is 32.8 Å². The van der Waals surface area contributed by atoms with E-state index in [1.54, 1.807) is 0 Å². The van der Waals surface area contributed by atoms with Crippen molar-refractivity contribution in [3.63, 3.8) is 0 Å². The summed E-state index contributed by atoms with van der Waals surface area (Å²) in [5.41, 5.74) is 2.42. The lowest BCUT2D eigenvalue weighted by molar-refractivity contribution is -0.131. The maximum absolute atomic E-state index is 12.6. The molecule has 1 aliphatic heterocycles. The molecule has 0 aromatic heterocycles. The minimum atomic E-state index is 0.287. The van der Waals surface area contributed by atoms with Crippen molar-refractivity contribution in [3.05, 3.63) is 41.5 Å². The van der Waals surface area contributed by atoms with Crippen molar-refractivity contribution in [2.75, 3.05) is 45.9 Å². The van der Waals surface area contributed by atoms with Crippen LogP contribution in [-0.2, 0) is 9.53 Å². The van der Waals surface area contributed by atoms with Gasteiger partial charge in [-0.25, -0.2) is 0 Å². The lowest BCUT2D eigenvalue weighted by Gasteiger charge is -2.28. The van der Waals surface area contributed by atoms with Crippen LogP contribution >= 0.6 is 0 Å². The normalized spacial score (nSPS) is 15.8. The van der Waals surface area contributed by atoms with E-state index in [1.165, 1.54) is 11.1 Å². The Morgan fingerprint density at radius 3 is 2.62 bits per heavy atom. The predicted molar refractivity (Wildman–Crippen MR) is 108 cm³/mol. The number of ether oxygens (including phenoxy) is 1. The summed E-state index contributed by atoms with van der Waals surface area (Å²) in [5, 5.41) is 0. The highest BCUT2D eigenvalue weighted by Crippen LogP contribution is 2.11. The van der Waals surface area contributed by atoms with Gasteiger partial charge in [-0.05, 0) is 25.3 Å². The molecular weight excluding hydrogens is 324 g/mol. The molecule has 0 atom stereocenters. The molecule has 0 radical (unpaired) electrons. The van der Waals surface area contributed by atoms with Crippen LogP contribution in [0.5, 0.6) is 0 Å². The average molecular weight is 359 g/mol. The summed E-state index contributed by atoms with van der Waals surface area (Å²) < 4.78 is 5.41. The van der Waals surface area contributed by atoms with Gasteiger partial charge in [0.15, 0.2) is 0 Å². The molecule has 1 amide bonds. The number of benzene rings is 1. The molecule has 0 unspecified atom stereocenters. The molecule has 4 heteroatoms. The predicted octanol–water partition coefficient (Wildman–Crippen LogP) is 3.83. The van der Waals surface area contributed by atoms with Gasteiger partial charge in [0.1, 0.15) is 0 Å². The largest absolute Gasteiger partial charge is 0.379 e. The number of nitrogens with zero attached hydrogens (tertiary/aromatic N) is 2. The highest BCUT2D eigenvalue weighted by molar-refractivity contribution is 5.76. The monoisotopic (exact) mass is 358 g/mol. The number of carbonyl (C=O) groups is 1. The summed E-state index contributed by atoms with van der Waals surface area (Å²) >= 11 is 0. The molecule has 0 aliphatic carbocycles. The molecule has 0 spiro atoms. The summed E-state index contributed by atoms with van der Waals surface area (Å²) in [7, 11) is 0. The number of carbonyl (C=O) groups excluding carboxylic acids is 1. The molecule has 26 heavy (non-hydrogen) atoms. The summed E-state index contributed by atoms with van der Waals surface area (Å²) in [4.78, 5) is 17.1. The summed E-state index contributed by atoms with van der Waals surface area (Å²) in [6.45, 7) is 10.5. The Bertz CT molecular complexity index is 551. The smallest absolute Gasteiger partial charge is 0.222 e. The van der Waals surface area contributed by atoms with E-state index >= 15 is 0 Å². The molecule has 1 aliphatic rings. The SMILES string of the molecule is CCCCC(=O)N(CCCN1CCOCC1)C/C(C)=C/c1ccccc1. The van der Waals surface area contributed by atoms with Gasteiger partial charge in [-0.2, -0.15) is 0 Å². The molecule has 0 N–H and O–H groups in total. The second-order valence-corrected chi connectivity index (χ2v) is 7.13. The lowest BCUT2D eigenvalue weighted by atomic mass is 10.1. The maximum atomic E-state index is 12.6. The fraction of sp³-hybridized carbons (Fsp3) is 0.591. The molecule has 0 bridgehead atoms. The van der Waals surface area contributed by atoms with Crippen LogP contribution in [0.4, 0.5) is 0 Å². The quantitative estimate of drug-likeness (QED) is 0.637. The maximum Gasteiger partial charge on any atom is 0.222 e. The minimum absolute atomic E-state index is 0.287. The number of hydrogen-bond acceptors (Lipinski definition) is 3. The van der Waals surface area contributed by atoms with Crippen LogP contribution in [0.1, 0.15) is 45.1 Å². The second kappa shape index (κ2) is 11.9. The molecule has 2 rings (SSSR count). The van der Waals surface area contributed by atoms with Gasteiger partial charge < -0.3 is 9.64 Å². The van der Waals surface area contributed by atoms with Gasteiger partial charge in [0.05, 0.1) is 13.2 Å². The van der Waals surface area contributed by atoms with Crippen LogP contribution in [0.15, 0.2) is 35.9 Å². The molecule has 1 aromatic carbocycles. The van der Waals surface area contributed by atoms with Crippen molar-refractivity contribution >= 4 is 12.0 Å². The molecule has 1 heterocycles. The Balaban J connectivity index is 1.89. The number of morpholine rings is 1. The van der Waals surface area contributed by atoms with E-state index in [0.29, 0.717) is 6.42 Å². The van der Waals surface area contributed by atoms with Gasteiger partial charge in [0, 0.05) is 39.1 Å². The lowest BCUT2D eigenvalue weighted by Crippen LogP contribution is -2.39. The molecular formula is C22H34N2O2. The number of amides is 1. The first kappa shape index (κ1) is 20.7. The van der Waals surface area contributed by atoms with Crippen molar-refractivity contribution in [2.45, 2.75) is 39.5 Å². The number of hydrogen-bond donors (Lipinski definition) is 0. The summed E-state index contributed by atoms with van der Waals surface area (Å²) in [6.07, 6.45) is 5.90. The average Bonchev–Trinajstić information content (AvgIpc) is 2.67. The molecule has 144 valence electrons. The second-order valence-electron chi connectivity index (χ2n) is 7.13. The Morgan fingerprint density at radius 1 is 1.19 bits per heavy atom. The minimum Gasteiger partial charge on any atom is -0.379 e. The van der Waals surface area contributed by atoms with Gasteiger partial charge >= 0.3 is 0 Å². The van der Waals surface area contributed by atoms with Crippen molar-refractivity contribution in [2.24, 2.45) is 0 Å². The first-order chi connectivity index (χ1) is 12.7. The van der Waals surface area contributed by atoms with Crippen molar-refractivity contribution in [1.82, 2.24) is 9.80 Å². The Labute approximate surface area is 158 Å². The highest BCUT2D eigenvalue weighted by Gasteiger charge is 2.15. The van der Waals surface area contributed by atoms with Crippen LogP contribution in [0, 0.1) is 0 Å². The zero-order valence-electron chi connectivity index (χ0n) is 16.5. The third-order valence-corrected chi connectivity index (χ3v) is 4.76. The van der Waals surface area contributed by atoms with Crippen LogP contribution < -0.4 is 0 Å². The Hall–Kier alpha value is -1.65. The van der Waals surface area contributed by atoms with Crippen LogP contribution in [-0.4, -0.2) is 61.6 Å². The van der Waals surface area contributed by atoms with E-state index in [-0.39, 0.29) is 5.91 Å². The summed E-state index contributed by atoms with van der Waals surface area (Å²) in [6, 6.07) is 10.3. The van der Waals surface area contributed by atoms with Gasteiger partial charge in [-0.15, -0.1) is 0 Å². The standard InChI is InChI=1S/C22H34N2O2/c1-3-4-11-22(25)24(13-8-12-23-14-16-26-17-15-23)19-20(2)18-21-9-6-5-7-10-21/h5-7,9-10,18H,3-4,8,11-17,19H2,1-2H3/b20-18+. The van der Waals surface area contributed by atoms with Crippen molar-refractivity contribution in [3.8, 4) is 0 Å². The Morgan fingerprint density at radius 2 is 1.92 bits per heavy atom. The van der Waals surface area contributed by atoms with Crippen LogP contribution in [0.3, 0.4) is 0 Å². The third-order valence-electron chi connectivity index (χ3n) is 4.76. The Kier molecular flexibility index (Phi) is 9.43. The van der Waals surface area contributed by atoms with Crippen LogP contribution in [0.2, 0.25) is 0 Å².